The molecule has 1 heterocycles. The van der Waals surface area contributed by atoms with Gasteiger partial charge in [0.05, 0.1) is 5.52 Å². The molecule has 0 fully saturated rings. The smallest absolute Gasteiger partial charge is 1.00 e. The molecule has 0 unspecified atom stereocenters. The van der Waals surface area contributed by atoms with Gasteiger partial charge in [-0.2, -0.15) is 22.3 Å². The van der Waals surface area contributed by atoms with E-state index in [4.69, 9.17) is 0 Å². The minimum Gasteiger partial charge on any atom is -1.00 e. The standard InChI is InChI=1S/C16H11N2.C7H9.2ClH.Hf/c1-2-6-13-10-15(9-12(13)5-1)18-11-14-7-3-4-8-16(14)17-18;1-6-4-3-5-7(6)2;;;/h1-11H;3-5H,1-2H3;2*1H;/q2*-1;;;+4/p-2. The van der Waals surface area contributed by atoms with Gasteiger partial charge in [-0.05, 0) is 11.8 Å². The minimum absolute atomic E-state index is 0. The third kappa shape index (κ3) is 5.22. The van der Waals surface area contributed by atoms with Gasteiger partial charge >= 0.3 is 25.8 Å². The van der Waals surface area contributed by atoms with E-state index in [1.807, 2.05) is 22.9 Å². The fourth-order valence-corrected chi connectivity index (χ4v) is 2.96. The number of fused-ring (bicyclic) bond motifs is 2. The molecular weight excluding hydrogens is 554 g/mol. The molecular formula is C23H20Cl2HfN2. The molecule has 0 aliphatic carbocycles. The van der Waals surface area contributed by atoms with Crippen molar-refractivity contribution in [2.24, 2.45) is 0 Å². The summed E-state index contributed by atoms with van der Waals surface area (Å²) in [5, 5.41) is 8.28. The van der Waals surface area contributed by atoms with Gasteiger partial charge < -0.3 is 24.8 Å². The van der Waals surface area contributed by atoms with Gasteiger partial charge in [0, 0.05) is 11.6 Å². The Kier molecular flexibility index (Phi) is 9.35. The Hall–Kier alpha value is -1.68. The van der Waals surface area contributed by atoms with E-state index in [1.165, 1.54) is 27.3 Å². The quantitative estimate of drug-likeness (QED) is 0.203. The molecule has 140 valence electrons. The van der Waals surface area contributed by atoms with Crippen molar-refractivity contribution >= 4 is 21.7 Å². The van der Waals surface area contributed by atoms with Crippen LogP contribution in [0.5, 0.6) is 0 Å². The predicted octanol–water partition coefficient (Wildman–Crippen LogP) is -0.0746. The molecule has 0 N–H and O–H groups in total. The molecule has 5 rings (SSSR count). The van der Waals surface area contributed by atoms with Crippen LogP contribution < -0.4 is 24.8 Å². The Balaban J connectivity index is 0.000000341. The zero-order valence-electron chi connectivity index (χ0n) is 15.7. The van der Waals surface area contributed by atoms with Gasteiger partial charge in [-0.15, -0.1) is 41.1 Å². The van der Waals surface area contributed by atoms with Crippen molar-refractivity contribution in [3.63, 3.8) is 0 Å². The van der Waals surface area contributed by atoms with Crippen LogP contribution in [-0.2, 0) is 25.8 Å². The zero-order chi connectivity index (χ0) is 17.2. The van der Waals surface area contributed by atoms with E-state index < -0.39 is 0 Å². The normalized spacial score (nSPS) is 9.64. The molecule has 1 aromatic heterocycles. The summed E-state index contributed by atoms with van der Waals surface area (Å²) in [7, 11) is 0. The summed E-state index contributed by atoms with van der Waals surface area (Å²) in [6, 6.07) is 27.2. The summed E-state index contributed by atoms with van der Waals surface area (Å²) in [5.41, 5.74) is 4.93. The average Bonchev–Trinajstić information content (AvgIpc) is 3.33. The fraction of sp³-hybridized carbons (Fsp3) is 0.0870. The Bertz CT molecular complexity index is 983. The van der Waals surface area contributed by atoms with Crippen molar-refractivity contribution in [1.82, 2.24) is 9.78 Å². The third-order valence-electron chi connectivity index (χ3n) is 4.60. The van der Waals surface area contributed by atoms with Crippen molar-refractivity contribution < 1.29 is 50.7 Å². The second-order valence-corrected chi connectivity index (χ2v) is 6.37. The topological polar surface area (TPSA) is 17.8 Å². The molecule has 0 radical (unpaired) electrons. The van der Waals surface area contributed by atoms with E-state index in [2.05, 4.69) is 85.8 Å². The number of halogens is 2. The van der Waals surface area contributed by atoms with Crippen molar-refractivity contribution in [2.75, 3.05) is 0 Å². The van der Waals surface area contributed by atoms with E-state index in [9.17, 15) is 0 Å². The minimum atomic E-state index is 0. The van der Waals surface area contributed by atoms with Gasteiger partial charge in [0.2, 0.25) is 0 Å². The van der Waals surface area contributed by atoms with E-state index >= 15 is 0 Å². The van der Waals surface area contributed by atoms with Crippen LogP contribution in [-0.4, -0.2) is 9.78 Å². The Morgan fingerprint density at radius 1 is 0.893 bits per heavy atom. The number of rotatable bonds is 1. The third-order valence-corrected chi connectivity index (χ3v) is 4.60. The maximum Gasteiger partial charge on any atom is 4.00 e. The fourth-order valence-electron chi connectivity index (χ4n) is 2.96. The van der Waals surface area contributed by atoms with Gasteiger partial charge in [0.15, 0.2) is 0 Å². The summed E-state index contributed by atoms with van der Waals surface area (Å²) in [6.45, 7) is 4.24. The van der Waals surface area contributed by atoms with Gasteiger partial charge in [0.1, 0.15) is 0 Å². The van der Waals surface area contributed by atoms with Gasteiger partial charge in [0.25, 0.3) is 0 Å². The SMILES string of the molecule is Cc1ccc[c-]1C.[Cl-].[Cl-].[Hf+4].c1ccc2[cH-]c(-n3cc4ccccc4n3)cc2c1. The first kappa shape index (κ1) is 24.4. The van der Waals surface area contributed by atoms with Crippen molar-refractivity contribution in [3.05, 3.63) is 96.2 Å². The van der Waals surface area contributed by atoms with E-state index in [-0.39, 0.29) is 50.7 Å². The Morgan fingerprint density at radius 3 is 2.14 bits per heavy atom. The van der Waals surface area contributed by atoms with Gasteiger partial charge in [-0.1, -0.05) is 38.1 Å². The van der Waals surface area contributed by atoms with Crippen molar-refractivity contribution in [2.45, 2.75) is 13.8 Å². The summed E-state index contributed by atoms with van der Waals surface area (Å²) < 4.78 is 1.95. The van der Waals surface area contributed by atoms with Crippen LogP contribution in [0.15, 0.2) is 85.1 Å². The number of aryl methyl sites for hydroxylation is 2. The number of hydrogen-bond acceptors (Lipinski definition) is 1. The zero-order valence-corrected chi connectivity index (χ0v) is 20.8. The second-order valence-electron chi connectivity index (χ2n) is 6.37. The molecule has 0 saturated heterocycles. The number of benzene rings is 2. The first-order chi connectivity index (χ1) is 12.2. The largest absolute Gasteiger partial charge is 4.00 e. The molecule has 0 amide bonds. The van der Waals surface area contributed by atoms with Crippen LogP contribution >= 0.6 is 0 Å². The van der Waals surface area contributed by atoms with Crippen LogP contribution in [0.3, 0.4) is 0 Å². The Morgan fingerprint density at radius 2 is 1.57 bits per heavy atom. The van der Waals surface area contributed by atoms with Crippen LogP contribution in [0.1, 0.15) is 11.1 Å². The number of aromatic nitrogens is 2. The molecule has 4 aromatic carbocycles. The first-order valence-electron chi connectivity index (χ1n) is 8.50. The molecule has 2 nitrogen and oxygen atoms in total. The van der Waals surface area contributed by atoms with E-state index in [1.54, 1.807) is 0 Å². The van der Waals surface area contributed by atoms with Crippen molar-refractivity contribution in [3.8, 4) is 5.69 Å². The summed E-state index contributed by atoms with van der Waals surface area (Å²) >= 11 is 0. The summed E-state index contributed by atoms with van der Waals surface area (Å²) in [6.07, 6.45) is 2.07. The molecule has 5 aromatic rings. The molecule has 5 heteroatoms. The predicted molar refractivity (Wildman–Crippen MR) is 106 cm³/mol. The van der Waals surface area contributed by atoms with Crippen molar-refractivity contribution in [1.29, 1.82) is 0 Å². The summed E-state index contributed by atoms with van der Waals surface area (Å²) in [5.74, 6) is 0. The summed E-state index contributed by atoms with van der Waals surface area (Å²) in [4.78, 5) is 0. The molecule has 28 heavy (non-hydrogen) atoms. The molecule has 0 aliphatic rings. The number of nitrogens with zero attached hydrogens (tertiary/aromatic N) is 2. The second kappa shape index (κ2) is 10.8. The van der Waals surface area contributed by atoms with Gasteiger partial charge in [-0.3, -0.25) is 4.68 Å². The maximum absolute atomic E-state index is 4.59. The Labute approximate surface area is 196 Å². The van der Waals surface area contributed by atoms with Crippen LogP contribution in [0, 0.1) is 13.8 Å². The molecule has 0 atom stereocenters. The molecule has 0 spiro atoms. The van der Waals surface area contributed by atoms with E-state index in [0.717, 1.165) is 11.2 Å². The monoisotopic (exact) mass is 574 g/mol. The average molecular weight is 574 g/mol. The van der Waals surface area contributed by atoms with Crippen LogP contribution in [0.25, 0.3) is 27.4 Å². The maximum atomic E-state index is 4.59. The van der Waals surface area contributed by atoms with Gasteiger partial charge in [-0.25, -0.2) is 12.1 Å². The molecule has 0 saturated carbocycles. The molecule has 0 bridgehead atoms. The van der Waals surface area contributed by atoms with Crippen LogP contribution in [0.2, 0.25) is 0 Å². The number of hydrogen-bond donors (Lipinski definition) is 0. The van der Waals surface area contributed by atoms with Crippen LogP contribution in [0.4, 0.5) is 0 Å². The van der Waals surface area contributed by atoms with E-state index in [0.29, 0.717) is 0 Å². The molecule has 0 aliphatic heterocycles. The first-order valence-corrected chi connectivity index (χ1v) is 8.50.